The molecule has 2 N–H and O–H groups in total. The van der Waals surface area contributed by atoms with Gasteiger partial charge >= 0.3 is 0 Å². The Morgan fingerprint density at radius 2 is 1.93 bits per heavy atom. The van der Waals surface area contributed by atoms with Gasteiger partial charge in [0.2, 0.25) is 11.8 Å². The number of carbonyl (C=O) groups excluding carboxylic acids is 4. The van der Waals surface area contributed by atoms with Crippen LogP contribution in [0.5, 0.6) is 0 Å². The molecule has 2 aliphatic heterocycles. The molecule has 0 bridgehead atoms. The third kappa shape index (κ3) is 3.23. The van der Waals surface area contributed by atoms with Gasteiger partial charge in [-0.1, -0.05) is 19.6 Å². The van der Waals surface area contributed by atoms with E-state index in [2.05, 4.69) is 10.6 Å². The lowest BCUT2D eigenvalue weighted by atomic mass is 10.0. The molecule has 0 spiro atoms. The maximum absolute atomic E-state index is 12.9. The van der Waals surface area contributed by atoms with Crippen molar-refractivity contribution in [2.75, 3.05) is 5.32 Å². The molecule has 1 unspecified atom stereocenters. The van der Waals surface area contributed by atoms with E-state index >= 15 is 0 Å². The number of hydrogen-bond acceptors (Lipinski definition) is 6. The zero-order valence-electron chi connectivity index (χ0n) is 13.7. The summed E-state index contributed by atoms with van der Waals surface area (Å²) in [7, 11) is 0. The molecule has 1 fully saturated rings. The molecule has 1 saturated heterocycles. The first-order valence-corrected chi connectivity index (χ1v) is 9.05. The number of thiophene rings is 1. The normalized spacial score (nSPS) is 18.8. The van der Waals surface area contributed by atoms with Crippen molar-refractivity contribution in [3.63, 3.8) is 0 Å². The standard InChI is InChI=1S/C18H15N3O4S.CH4/c22-14-7-6-13(16(23)20-14)21-17(24)11-4-1-5-12(15(11)18(21)25)19-9-10-3-2-8-26-10;/h1-5,8,13,19H,6-7,9H2,(H,20,22,23);1H4. The molecule has 0 aliphatic carbocycles. The number of nitrogens with one attached hydrogen (secondary N) is 2. The Bertz CT molecular complexity index is 923. The predicted octanol–water partition coefficient (Wildman–Crippen LogP) is 2.40. The van der Waals surface area contributed by atoms with Crippen LogP contribution in [0.4, 0.5) is 5.69 Å². The lowest BCUT2D eigenvalue weighted by Crippen LogP contribution is -2.54. The minimum atomic E-state index is -0.953. The third-order valence-electron chi connectivity index (χ3n) is 4.50. The van der Waals surface area contributed by atoms with Crippen molar-refractivity contribution in [2.24, 2.45) is 0 Å². The molecule has 3 heterocycles. The molecule has 1 atom stereocenters. The fourth-order valence-electron chi connectivity index (χ4n) is 3.26. The van der Waals surface area contributed by atoms with Crippen LogP contribution in [0.15, 0.2) is 35.7 Å². The largest absolute Gasteiger partial charge is 0.379 e. The van der Waals surface area contributed by atoms with Crippen LogP contribution in [0.25, 0.3) is 0 Å². The quantitative estimate of drug-likeness (QED) is 0.788. The smallest absolute Gasteiger partial charge is 0.264 e. The first-order valence-electron chi connectivity index (χ1n) is 8.17. The van der Waals surface area contributed by atoms with Crippen LogP contribution in [0.3, 0.4) is 0 Å². The molecule has 7 nitrogen and oxygen atoms in total. The number of rotatable bonds is 4. The number of fused-ring (bicyclic) bond motifs is 1. The molecular weight excluding hydrogens is 366 g/mol. The van der Waals surface area contributed by atoms with Crippen LogP contribution in [-0.2, 0) is 16.1 Å². The van der Waals surface area contributed by atoms with Gasteiger partial charge in [-0.25, -0.2) is 0 Å². The highest BCUT2D eigenvalue weighted by atomic mass is 32.1. The fourth-order valence-corrected chi connectivity index (χ4v) is 3.90. The van der Waals surface area contributed by atoms with Gasteiger partial charge in [0.25, 0.3) is 11.8 Å². The molecule has 4 rings (SSSR count). The molecule has 0 saturated carbocycles. The monoisotopic (exact) mass is 385 g/mol. The summed E-state index contributed by atoms with van der Waals surface area (Å²) in [5, 5.41) is 7.35. The molecule has 1 aromatic heterocycles. The highest BCUT2D eigenvalue weighted by molar-refractivity contribution is 7.09. The Hall–Kier alpha value is -3.00. The maximum Gasteiger partial charge on any atom is 0.264 e. The Labute approximate surface area is 160 Å². The SMILES string of the molecule is C.O=C1CCC(N2C(=O)c3cccc(NCc4cccs4)c3C2=O)C(=O)N1. The van der Waals surface area contributed by atoms with Crippen molar-refractivity contribution in [1.82, 2.24) is 10.2 Å². The van der Waals surface area contributed by atoms with E-state index in [4.69, 9.17) is 0 Å². The van der Waals surface area contributed by atoms with Crippen LogP contribution in [0.2, 0.25) is 0 Å². The number of anilines is 1. The number of piperidine rings is 1. The van der Waals surface area contributed by atoms with Gasteiger partial charge in [0.05, 0.1) is 11.1 Å². The zero-order chi connectivity index (χ0) is 18.3. The molecule has 0 radical (unpaired) electrons. The highest BCUT2D eigenvalue weighted by Gasteiger charge is 2.45. The summed E-state index contributed by atoms with van der Waals surface area (Å²) in [5.41, 5.74) is 1.11. The van der Waals surface area contributed by atoms with E-state index in [0.717, 1.165) is 9.78 Å². The van der Waals surface area contributed by atoms with E-state index in [0.29, 0.717) is 12.2 Å². The second-order valence-electron chi connectivity index (χ2n) is 6.11. The topological polar surface area (TPSA) is 95.6 Å². The van der Waals surface area contributed by atoms with Gasteiger partial charge < -0.3 is 5.32 Å². The van der Waals surface area contributed by atoms with Crippen molar-refractivity contribution in [1.29, 1.82) is 0 Å². The van der Waals surface area contributed by atoms with Crippen LogP contribution >= 0.6 is 11.3 Å². The van der Waals surface area contributed by atoms with E-state index in [-0.39, 0.29) is 37.3 Å². The minimum absolute atomic E-state index is 0. The molecule has 8 heteroatoms. The highest BCUT2D eigenvalue weighted by Crippen LogP contribution is 2.32. The van der Waals surface area contributed by atoms with Crippen molar-refractivity contribution in [2.45, 2.75) is 32.9 Å². The third-order valence-corrected chi connectivity index (χ3v) is 5.38. The van der Waals surface area contributed by atoms with Crippen LogP contribution < -0.4 is 10.6 Å². The van der Waals surface area contributed by atoms with Crippen molar-refractivity contribution in [3.05, 3.63) is 51.7 Å². The van der Waals surface area contributed by atoms with Gasteiger partial charge in [-0.3, -0.25) is 29.4 Å². The first kappa shape index (κ1) is 18.8. The molecule has 140 valence electrons. The van der Waals surface area contributed by atoms with Gasteiger partial charge in [0, 0.05) is 23.5 Å². The van der Waals surface area contributed by atoms with Gasteiger partial charge in [-0.15, -0.1) is 11.3 Å². The Balaban J connectivity index is 0.00000210. The molecule has 1 aromatic carbocycles. The van der Waals surface area contributed by atoms with E-state index < -0.39 is 23.8 Å². The summed E-state index contributed by atoms with van der Waals surface area (Å²) >= 11 is 1.59. The number of carbonyl (C=O) groups is 4. The summed E-state index contributed by atoms with van der Waals surface area (Å²) in [4.78, 5) is 51.2. The number of hydrogen-bond donors (Lipinski definition) is 2. The number of amides is 4. The van der Waals surface area contributed by atoms with Gasteiger partial charge in [0.1, 0.15) is 6.04 Å². The van der Waals surface area contributed by atoms with Gasteiger partial charge in [-0.2, -0.15) is 0 Å². The van der Waals surface area contributed by atoms with E-state index in [1.807, 2.05) is 17.5 Å². The van der Waals surface area contributed by atoms with Gasteiger partial charge in [0.15, 0.2) is 0 Å². The Morgan fingerprint density at radius 1 is 1.11 bits per heavy atom. The number of imide groups is 2. The van der Waals surface area contributed by atoms with Gasteiger partial charge in [-0.05, 0) is 30.0 Å². The maximum atomic E-state index is 12.9. The summed E-state index contributed by atoms with van der Waals surface area (Å²) in [5.74, 6) is -2.00. The van der Waals surface area contributed by atoms with Crippen molar-refractivity contribution < 1.29 is 19.2 Å². The molecule has 2 aliphatic rings. The first-order chi connectivity index (χ1) is 12.6. The Kier molecular flexibility index (Phi) is 5.09. The van der Waals surface area contributed by atoms with Crippen LogP contribution in [0.1, 0.15) is 45.9 Å². The van der Waals surface area contributed by atoms with E-state index in [1.54, 1.807) is 29.5 Å². The zero-order valence-corrected chi connectivity index (χ0v) is 14.5. The number of benzene rings is 1. The summed E-state index contributed by atoms with van der Waals surface area (Å²) in [6.45, 7) is 0.536. The van der Waals surface area contributed by atoms with E-state index in [1.165, 1.54) is 0 Å². The van der Waals surface area contributed by atoms with Crippen LogP contribution in [-0.4, -0.2) is 34.6 Å². The molecule has 4 amide bonds. The second kappa shape index (κ2) is 7.32. The van der Waals surface area contributed by atoms with Crippen molar-refractivity contribution >= 4 is 40.7 Å². The molecular formula is C19H19N3O4S. The average Bonchev–Trinajstić information content (AvgIpc) is 3.22. The average molecular weight is 385 g/mol. The predicted molar refractivity (Wildman–Crippen MR) is 101 cm³/mol. The summed E-state index contributed by atoms with van der Waals surface area (Å²) in [6.07, 6.45) is 0.251. The minimum Gasteiger partial charge on any atom is -0.379 e. The van der Waals surface area contributed by atoms with Crippen molar-refractivity contribution in [3.8, 4) is 0 Å². The van der Waals surface area contributed by atoms with Crippen LogP contribution in [0, 0.1) is 0 Å². The Morgan fingerprint density at radius 3 is 2.63 bits per heavy atom. The molecule has 2 aromatic rings. The lowest BCUT2D eigenvalue weighted by Gasteiger charge is -2.27. The molecule has 27 heavy (non-hydrogen) atoms. The van der Waals surface area contributed by atoms with E-state index in [9.17, 15) is 19.2 Å². The number of nitrogens with zero attached hydrogens (tertiary/aromatic N) is 1. The summed E-state index contributed by atoms with van der Waals surface area (Å²) < 4.78 is 0. The lowest BCUT2D eigenvalue weighted by molar-refractivity contribution is -0.136. The summed E-state index contributed by atoms with van der Waals surface area (Å²) in [6, 6.07) is 7.99. The second-order valence-corrected chi connectivity index (χ2v) is 7.14. The fraction of sp³-hybridized carbons (Fsp3) is 0.263.